The standard InChI is InChI=1S/C27H27FIN3O7/c1-4-16(29-11-17(33)10-21(29)34)6-8-18-14(2)9-20(39-18)27(25(36)30-26(37)31-27)13-32-12-15-5-7-19(38-3)23(28)22(15)24(32)35/h4-9,17,33H,10-13H2,1-3H3,(H2,30,31,36,37)/b8-6-,16-4-/t17-,27+/m1/s1. The molecule has 2 fully saturated rings. The minimum atomic E-state index is -2.18. The average Bonchev–Trinajstić information content (AvgIpc) is 3.60. The molecule has 3 aliphatic rings. The van der Waals surface area contributed by atoms with Crippen molar-refractivity contribution in [2.45, 2.75) is 38.5 Å². The Morgan fingerprint density at radius 3 is 2.72 bits per heavy atom. The van der Waals surface area contributed by atoms with Crippen LogP contribution in [-0.2, 0) is 21.7 Å². The number of hydrogen-bond acceptors (Lipinski definition) is 7. The summed E-state index contributed by atoms with van der Waals surface area (Å²) in [7, 11) is 1.30. The number of nitrogens with one attached hydrogen (secondary N) is 2. The molecule has 0 aliphatic carbocycles. The zero-order chi connectivity index (χ0) is 28.1. The number of amides is 4. The van der Waals surface area contributed by atoms with Gasteiger partial charge in [-0.15, -0.1) is 0 Å². The fourth-order valence-electron chi connectivity index (χ4n) is 4.96. The van der Waals surface area contributed by atoms with E-state index in [1.807, 2.05) is 13.0 Å². The molecule has 0 spiro atoms. The first-order valence-electron chi connectivity index (χ1n) is 12.2. The molecule has 0 bridgehead atoms. The summed E-state index contributed by atoms with van der Waals surface area (Å²) in [6.07, 6.45) is 4.96. The number of nitrogens with zero attached hydrogens (tertiary/aromatic N) is 1. The van der Waals surface area contributed by atoms with E-state index in [4.69, 9.17) is 9.15 Å². The molecule has 3 N–H and O–H groups in total. The number of aliphatic hydroxyl groups excluding tert-OH is 1. The molecule has 12 heteroatoms. The van der Waals surface area contributed by atoms with Gasteiger partial charge in [-0.25, -0.2) is 4.39 Å². The molecule has 2 atom stereocenters. The third-order valence-electron chi connectivity index (χ3n) is 6.94. The number of rotatable bonds is 7. The molecule has 206 valence electrons. The van der Waals surface area contributed by atoms with E-state index < -0.39 is 55.1 Å². The Labute approximate surface area is 230 Å². The maximum atomic E-state index is 14.9. The van der Waals surface area contributed by atoms with E-state index in [1.165, 1.54) is 18.1 Å². The van der Waals surface area contributed by atoms with Crippen molar-refractivity contribution in [1.29, 1.82) is 0 Å². The van der Waals surface area contributed by atoms with E-state index in [0.717, 1.165) is 3.58 Å². The molecule has 0 radical (unpaired) electrons. The Bertz CT molecular complexity index is 1470. The van der Waals surface area contributed by atoms with Gasteiger partial charge in [-0.3, -0.25) is 0 Å². The predicted octanol–water partition coefficient (Wildman–Crippen LogP) is 3.14. The second-order valence-electron chi connectivity index (χ2n) is 9.48. The van der Waals surface area contributed by atoms with Crippen molar-refractivity contribution in [3.63, 3.8) is 0 Å². The molecular weight excluding hydrogens is 624 g/mol. The van der Waals surface area contributed by atoms with Crippen LogP contribution in [0.25, 0.3) is 6.08 Å². The van der Waals surface area contributed by atoms with Crippen molar-refractivity contribution >= 4 is 47.5 Å². The van der Waals surface area contributed by atoms with Gasteiger partial charge in [-0.05, 0) is 6.07 Å². The number of methoxy groups -OCH3 is 1. The SMILES string of the molecule is C/C=C(/C=C\c1oc([C@]2(CN3Cc4ccc(OC)c(F)c4C3=O)NC(=O)NC2=O)cc1C)I1C[C@H](O)CC1=O. The average molecular weight is 651 g/mol. The Hall–Kier alpha value is -3.52. The molecular formula is C27H27FIN3O7. The zero-order valence-corrected chi connectivity index (χ0v) is 23.6. The van der Waals surface area contributed by atoms with Crippen molar-refractivity contribution in [3.8, 4) is 5.75 Å². The van der Waals surface area contributed by atoms with Crippen molar-refractivity contribution in [3.05, 3.63) is 68.0 Å². The minimum absolute atomic E-state index is 0.0313. The van der Waals surface area contributed by atoms with Gasteiger partial charge in [0.05, 0.1) is 7.11 Å². The summed E-state index contributed by atoms with van der Waals surface area (Å²) < 4.78 is 27.5. The second kappa shape index (κ2) is 10.2. The van der Waals surface area contributed by atoms with Crippen molar-refractivity contribution in [2.75, 3.05) is 18.1 Å². The second-order valence-corrected chi connectivity index (χ2v) is 14.9. The first-order chi connectivity index (χ1) is 18.6. The number of hydrogen-bond donors (Lipinski definition) is 3. The van der Waals surface area contributed by atoms with E-state index in [9.17, 15) is 28.7 Å². The van der Waals surface area contributed by atoms with Crippen LogP contribution in [0.1, 0.15) is 46.3 Å². The fourth-order valence-corrected chi connectivity index (χ4v) is 10.4. The van der Waals surface area contributed by atoms with Gasteiger partial charge in [-0.1, -0.05) is 0 Å². The summed E-state index contributed by atoms with van der Waals surface area (Å²) in [5.41, 5.74) is -0.772. The van der Waals surface area contributed by atoms with Crippen LogP contribution in [-0.4, -0.2) is 55.8 Å². The van der Waals surface area contributed by atoms with E-state index in [2.05, 4.69) is 10.6 Å². The molecule has 3 aliphatic heterocycles. The number of fused-ring (bicyclic) bond motifs is 1. The number of carbonyl (C=O) groups is 4. The van der Waals surface area contributed by atoms with Gasteiger partial charge in [0.25, 0.3) is 0 Å². The van der Waals surface area contributed by atoms with Gasteiger partial charge in [0.1, 0.15) is 0 Å². The number of carbonyl (C=O) groups excluding carboxylic acids is 4. The molecule has 5 rings (SSSR count). The number of ether oxygens (including phenoxy) is 1. The van der Waals surface area contributed by atoms with Crippen molar-refractivity contribution in [2.24, 2.45) is 0 Å². The predicted molar refractivity (Wildman–Crippen MR) is 147 cm³/mol. The van der Waals surface area contributed by atoms with Crippen LogP contribution in [0.3, 0.4) is 0 Å². The Balaban J connectivity index is 1.45. The molecule has 1 aromatic heterocycles. The summed E-state index contributed by atoms with van der Waals surface area (Å²) in [4.78, 5) is 52.2. The van der Waals surface area contributed by atoms with Crippen LogP contribution in [0, 0.1) is 12.7 Å². The summed E-state index contributed by atoms with van der Waals surface area (Å²) in [5.74, 6) is -1.67. The molecule has 0 saturated carbocycles. The van der Waals surface area contributed by atoms with Crippen LogP contribution in [0.5, 0.6) is 5.75 Å². The number of imide groups is 1. The van der Waals surface area contributed by atoms with Crippen LogP contribution in [0.4, 0.5) is 9.18 Å². The molecule has 2 aromatic rings. The first-order valence-corrected chi connectivity index (χ1v) is 15.9. The number of aliphatic hydroxyl groups is 1. The third kappa shape index (κ3) is 4.65. The van der Waals surface area contributed by atoms with Gasteiger partial charge >= 0.3 is 203 Å². The van der Waals surface area contributed by atoms with Gasteiger partial charge in [0.2, 0.25) is 0 Å². The van der Waals surface area contributed by atoms with Gasteiger partial charge in [-0.2, -0.15) is 0 Å². The number of alkyl halides is 1. The van der Waals surface area contributed by atoms with Gasteiger partial charge in [0.15, 0.2) is 5.75 Å². The number of allylic oxidation sites excluding steroid dienone is 3. The fraction of sp³-hybridized carbons (Fsp3) is 0.333. The monoisotopic (exact) mass is 651 g/mol. The summed E-state index contributed by atoms with van der Waals surface area (Å²) >= 11 is -2.18. The Morgan fingerprint density at radius 1 is 1.33 bits per heavy atom. The Kier molecular flexibility index (Phi) is 7.10. The van der Waals surface area contributed by atoms with Crippen LogP contribution in [0.15, 0.2) is 38.3 Å². The number of aryl methyl sites for hydroxylation is 1. The quantitative estimate of drug-likeness (QED) is 0.138. The molecule has 0 unspecified atom stereocenters. The first kappa shape index (κ1) is 27.1. The summed E-state index contributed by atoms with van der Waals surface area (Å²) in [5, 5.41) is 14.7. The van der Waals surface area contributed by atoms with Crippen molar-refractivity contribution < 1.29 is 37.8 Å². The van der Waals surface area contributed by atoms with E-state index in [0.29, 0.717) is 21.3 Å². The number of urea groups is 1. The molecule has 4 heterocycles. The molecule has 10 nitrogen and oxygen atoms in total. The maximum absolute atomic E-state index is 14.9. The van der Waals surface area contributed by atoms with E-state index in [1.54, 1.807) is 31.2 Å². The van der Waals surface area contributed by atoms with Crippen LogP contribution in [0.2, 0.25) is 0 Å². The molecule has 39 heavy (non-hydrogen) atoms. The van der Waals surface area contributed by atoms with Crippen LogP contribution < -0.4 is 15.4 Å². The number of halogens is 2. The molecule has 4 amide bonds. The Morgan fingerprint density at radius 2 is 2.10 bits per heavy atom. The number of furan rings is 1. The van der Waals surface area contributed by atoms with Crippen LogP contribution >= 0.6 is 19.8 Å². The van der Waals surface area contributed by atoms with E-state index in [-0.39, 0.29) is 40.4 Å². The normalized spacial score (nSPS) is 24.1. The van der Waals surface area contributed by atoms with Gasteiger partial charge < -0.3 is 4.74 Å². The van der Waals surface area contributed by atoms with Gasteiger partial charge in [0, 0.05) is 0 Å². The number of benzene rings is 1. The van der Waals surface area contributed by atoms with Crippen molar-refractivity contribution in [1.82, 2.24) is 15.5 Å². The van der Waals surface area contributed by atoms with E-state index >= 15 is 0 Å². The topological polar surface area (TPSA) is 138 Å². The zero-order valence-electron chi connectivity index (χ0n) is 21.5. The summed E-state index contributed by atoms with van der Waals surface area (Å²) in [6, 6.07) is 3.89. The third-order valence-corrected chi connectivity index (χ3v) is 13.2. The molecule has 1 aromatic carbocycles. The summed E-state index contributed by atoms with van der Waals surface area (Å²) in [6.45, 7) is 3.35. The molecule has 2 saturated heterocycles.